The van der Waals surface area contributed by atoms with Crippen molar-refractivity contribution < 1.29 is 22.3 Å². The molecule has 10 heteroatoms. The van der Waals surface area contributed by atoms with Gasteiger partial charge in [-0.1, -0.05) is 25.1 Å². The van der Waals surface area contributed by atoms with Crippen molar-refractivity contribution in [2.45, 2.75) is 36.8 Å². The SMILES string of the molecule is CCC(=O)N1CCC(n2cc(-c3cn(S(=O)(=O)c4ccccc4)c4cc(F)ccc34)cn2)C(OC)C1. The zero-order chi connectivity index (χ0) is 25.4. The Morgan fingerprint density at radius 3 is 2.67 bits per heavy atom. The molecule has 0 saturated carbocycles. The summed E-state index contributed by atoms with van der Waals surface area (Å²) in [7, 11) is -2.32. The Hall–Kier alpha value is -3.50. The molecule has 0 bridgehead atoms. The van der Waals surface area contributed by atoms with Crippen LogP contribution in [0, 0.1) is 5.82 Å². The molecule has 0 spiro atoms. The molecule has 3 heterocycles. The molecular weight excluding hydrogens is 483 g/mol. The van der Waals surface area contributed by atoms with Crippen LogP contribution in [0.25, 0.3) is 22.0 Å². The van der Waals surface area contributed by atoms with E-state index in [1.165, 1.54) is 30.5 Å². The second-order valence-electron chi connectivity index (χ2n) is 8.85. The first kappa shape index (κ1) is 24.2. The number of nitrogens with zero attached hydrogens (tertiary/aromatic N) is 4. The Morgan fingerprint density at radius 1 is 1.17 bits per heavy atom. The van der Waals surface area contributed by atoms with E-state index >= 15 is 0 Å². The van der Waals surface area contributed by atoms with E-state index in [0.717, 1.165) is 3.97 Å². The molecule has 8 nitrogen and oxygen atoms in total. The lowest BCUT2D eigenvalue weighted by molar-refractivity contribution is -0.135. The van der Waals surface area contributed by atoms with Gasteiger partial charge in [-0.2, -0.15) is 5.10 Å². The fourth-order valence-electron chi connectivity index (χ4n) is 4.85. The van der Waals surface area contributed by atoms with Gasteiger partial charge in [0.15, 0.2) is 0 Å². The molecule has 0 radical (unpaired) electrons. The van der Waals surface area contributed by atoms with Crippen LogP contribution in [0.15, 0.2) is 72.0 Å². The van der Waals surface area contributed by atoms with Crippen LogP contribution < -0.4 is 0 Å². The van der Waals surface area contributed by atoms with E-state index in [-0.39, 0.29) is 28.5 Å². The first-order valence-corrected chi connectivity index (χ1v) is 13.2. The number of ether oxygens (including phenoxy) is 1. The Kier molecular flexibility index (Phi) is 6.40. The smallest absolute Gasteiger partial charge is 0.268 e. The van der Waals surface area contributed by atoms with Gasteiger partial charge in [0.1, 0.15) is 5.82 Å². The summed E-state index contributed by atoms with van der Waals surface area (Å²) in [4.78, 5) is 14.1. The van der Waals surface area contributed by atoms with Crippen LogP contribution in [0.4, 0.5) is 4.39 Å². The molecule has 2 aromatic heterocycles. The van der Waals surface area contributed by atoms with Gasteiger partial charge >= 0.3 is 0 Å². The Morgan fingerprint density at radius 2 is 1.94 bits per heavy atom. The van der Waals surface area contributed by atoms with Gasteiger partial charge in [0.2, 0.25) is 5.91 Å². The molecule has 2 unspecified atom stereocenters. The van der Waals surface area contributed by atoms with Crippen LogP contribution in [-0.2, 0) is 19.6 Å². The second kappa shape index (κ2) is 9.51. The molecule has 4 aromatic rings. The monoisotopic (exact) mass is 510 g/mol. The molecule has 1 aliphatic rings. The number of halogens is 1. The second-order valence-corrected chi connectivity index (χ2v) is 10.7. The van der Waals surface area contributed by atoms with Gasteiger partial charge in [-0.15, -0.1) is 0 Å². The number of rotatable bonds is 6. The van der Waals surface area contributed by atoms with Gasteiger partial charge in [-0.3, -0.25) is 9.48 Å². The fourth-order valence-corrected chi connectivity index (χ4v) is 6.24. The zero-order valence-electron chi connectivity index (χ0n) is 20.0. The van der Waals surface area contributed by atoms with Crippen molar-refractivity contribution in [3.63, 3.8) is 0 Å². The average Bonchev–Trinajstić information content (AvgIpc) is 3.53. The van der Waals surface area contributed by atoms with Gasteiger partial charge in [-0.05, 0) is 36.8 Å². The predicted molar refractivity (Wildman–Crippen MR) is 133 cm³/mol. The summed E-state index contributed by atoms with van der Waals surface area (Å²) in [5.74, 6) is -0.431. The molecule has 2 atom stereocenters. The Labute approximate surface area is 208 Å². The number of likely N-dealkylation sites (tertiary alicyclic amines) is 1. The molecular formula is C26H27FN4O4S. The van der Waals surface area contributed by atoms with E-state index in [4.69, 9.17) is 4.74 Å². The molecule has 1 aliphatic heterocycles. The van der Waals surface area contributed by atoms with Gasteiger partial charge in [0.05, 0.1) is 28.8 Å². The summed E-state index contributed by atoms with van der Waals surface area (Å²) in [5, 5.41) is 5.16. The van der Waals surface area contributed by atoms with E-state index in [1.807, 2.05) is 22.7 Å². The van der Waals surface area contributed by atoms with Crippen LogP contribution in [0.1, 0.15) is 25.8 Å². The fraction of sp³-hybridized carbons (Fsp3) is 0.308. The summed E-state index contributed by atoms with van der Waals surface area (Å²) in [6.45, 7) is 2.94. The number of benzene rings is 2. The maximum Gasteiger partial charge on any atom is 0.268 e. The van der Waals surface area contributed by atoms with Crippen LogP contribution in [0.2, 0.25) is 0 Å². The summed E-state index contributed by atoms with van der Waals surface area (Å²) in [6, 6.07) is 12.1. The third-order valence-corrected chi connectivity index (χ3v) is 8.46. The van der Waals surface area contributed by atoms with Gasteiger partial charge in [0.25, 0.3) is 10.0 Å². The van der Waals surface area contributed by atoms with Gasteiger partial charge in [0, 0.05) is 55.5 Å². The highest BCUT2D eigenvalue weighted by atomic mass is 32.2. The van der Waals surface area contributed by atoms with E-state index in [2.05, 4.69) is 5.10 Å². The molecule has 1 saturated heterocycles. The Balaban J connectivity index is 1.54. The standard InChI is InChI=1S/C26H27FN4O4S/c1-3-26(32)29-12-11-23(25(17-29)35-2)30-15-18(14-28-30)22-16-31(24-13-19(27)9-10-21(22)24)36(33,34)20-7-5-4-6-8-20/h4-10,13-16,23,25H,3,11-12,17H2,1-2H3. The first-order chi connectivity index (χ1) is 17.3. The third kappa shape index (κ3) is 4.20. The van der Waals surface area contributed by atoms with Crippen molar-refractivity contribution >= 4 is 26.8 Å². The summed E-state index contributed by atoms with van der Waals surface area (Å²) >= 11 is 0. The van der Waals surface area contributed by atoms with Crippen molar-refractivity contribution in [1.82, 2.24) is 18.7 Å². The minimum atomic E-state index is -3.95. The number of methoxy groups -OCH3 is 1. The van der Waals surface area contributed by atoms with E-state index in [0.29, 0.717) is 42.4 Å². The summed E-state index contributed by atoms with van der Waals surface area (Å²) in [6.07, 6.45) is 5.95. The molecule has 1 fully saturated rings. The minimum absolute atomic E-state index is 0.0801. The number of hydrogen-bond acceptors (Lipinski definition) is 5. The number of fused-ring (bicyclic) bond motifs is 1. The normalized spacial score (nSPS) is 18.6. The highest BCUT2D eigenvalue weighted by Crippen LogP contribution is 2.35. The van der Waals surface area contributed by atoms with E-state index in [9.17, 15) is 17.6 Å². The van der Waals surface area contributed by atoms with Crippen molar-refractivity contribution in [3.8, 4) is 11.1 Å². The molecule has 2 aromatic carbocycles. The third-order valence-electron chi connectivity index (χ3n) is 6.77. The number of piperidine rings is 1. The predicted octanol–water partition coefficient (Wildman–Crippen LogP) is 4.08. The number of amides is 1. The first-order valence-electron chi connectivity index (χ1n) is 11.8. The van der Waals surface area contributed by atoms with Crippen LogP contribution in [0.3, 0.4) is 0 Å². The molecule has 188 valence electrons. The van der Waals surface area contributed by atoms with Gasteiger partial charge in [-0.25, -0.2) is 16.8 Å². The van der Waals surface area contributed by atoms with E-state index in [1.54, 1.807) is 37.6 Å². The Bertz CT molecular complexity index is 1510. The lowest BCUT2D eigenvalue weighted by atomic mass is 10.0. The van der Waals surface area contributed by atoms with Crippen molar-refractivity contribution in [2.75, 3.05) is 20.2 Å². The average molecular weight is 511 g/mol. The maximum atomic E-state index is 14.2. The largest absolute Gasteiger partial charge is 0.377 e. The molecule has 1 amide bonds. The van der Waals surface area contributed by atoms with Crippen molar-refractivity contribution in [3.05, 3.63) is 72.9 Å². The highest BCUT2D eigenvalue weighted by Gasteiger charge is 2.33. The summed E-state index contributed by atoms with van der Waals surface area (Å²) in [5.41, 5.74) is 1.58. The van der Waals surface area contributed by atoms with Crippen LogP contribution in [-0.4, -0.2) is 59.3 Å². The number of aromatic nitrogens is 3. The van der Waals surface area contributed by atoms with E-state index < -0.39 is 15.8 Å². The summed E-state index contributed by atoms with van der Waals surface area (Å²) < 4.78 is 49.7. The number of carbonyl (C=O) groups is 1. The van der Waals surface area contributed by atoms with Crippen molar-refractivity contribution in [1.29, 1.82) is 0 Å². The van der Waals surface area contributed by atoms with Crippen LogP contribution >= 0.6 is 0 Å². The molecule has 0 aliphatic carbocycles. The minimum Gasteiger partial charge on any atom is -0.377 e. The molecule has 36 heavy (non-hydrogen) atoms. The lowest BCUT2D eigenvalue weighted by Crippen LogP contribution is -2.47. The quantitative estimate of drug-likeness (QED) is 0.390. The molecule has 0 N–H and O–H groups in total. The number of hydrogen-bond donors (Lipinski definition) is 0. The van der Waals surface area contributed by atoms with Crippen molar-refractivity contribution in [2.24, 2.45) is 0 Å². The zero-order valence-corrected chi connectivity index (χ0v) is 20.9. The topological polar surface area (TPSA) is 86.4 Å². The van der Waals surface area contributed by atoms with Crippen LogP contribution in [0.5, 0.6) is 0 Å². The maximum absolute atomic E-state index is 14.2. The number of carbonyl (C=O) groups excluding carboxylic acids is 1. The molecule has 5 rings (SSSR count). The highest BCUT2D eigenvalue weighted by molar-refractivity contribution is 7.90. The van der Waals surface area contributed by atoms with Gasteiger partial charge < -0.3 is 9.64 Å². The lowest BCUT2D eigenvalue weighted by Gasteiger charge is -2.37.